The van der Waals surface area contributed by atoms with Gasteiger partial charge in [0.05, 0.1) is 0 Å². The molecule has 0 saturated carbocycles. The predicted molar refractivity (Wildman–Crippen MR) is 73.7 cm³/mol. The third-order valence-corrected chi connectivity index (χ3v) is 3.10. The average Bonchev–Trinajstić information content (AvgIpc) is 2.33. The highest BCUT2D eigenvalue weighted by atomic mass is 16.1. The van der Waals surface area contributed by atoms with Gasteiger partial charge in [-0.25, -0.2) is 0 Å². The van der Waals surface area contributed by atoms with E-state index in [9.17, 15) is 4.79 Å². The molecule has 0 spiro atoms. The summed E-state index contributed by atoms with van der Waals surface area (Å²) in [5, 5.41) is 0. The number of aryl methyl sites for hydroxylation is 2. The fourth-order valence-corrected chi connectivity index (χ4v) is 2.02. The molecule has 0 unspecified atom stereocenters. The molecule has 0 saturated heterocycles. The average molecular weight is 232 g/mol. The zero-order valence-electron chi connectivity index (χ0n) is 11.4. The Morgan fingerprint density at radius 1 is 0.941 bits per heavy atom. The van der Waals surface area contributed by atoms with E-state index in [0.29, 0.717) is 0 Å². The number of benzene rings is 1. The van der Waals surface area contributed by atoms with E-state index >= 15 is 0 Å². The van der Waals surface area contributed by atoms with Gasteiger partial charge in [0.25, 0.3) is 0 Å². The van der Waals surface area contributed by atoms with Crippen molar-refractivity contribution in [2.75, 3.05) is 0 Å². The molecule has 0 aliphatic carbocycles. The molecule has 0 aliphatic heterocycles. The van der Waals surface area contributed by atoms with Gasteiger partial charge in [-0.05, 0) is 55.9 Å². The maximum absolute atomic E-state index is 11.5. The molecule has 1 aromatic rings. The van der Waals surface area contributed by atoms with E-state index in [0.717, 1.165) is 18.4 Å². The summed E-state index contributed by atoms with van der Waals surface area (Å²) in [7, 11) is 0. The molecule has 0 fully saturated rings. The van der Waals surface area contributed by atoms with Crippen LogP contribution in [0.1, 0.15) is 67.9 Å². The fourth-order valence-electron chi connectivity index (χ4n) is 2.02. The van der Waals surface area contributed by atoms with E-state index in [1.807, 2.05) is 0 Å². The fraction of sp³-hybridized carbons (Fsp3) is 0.562. The zero-order chi connectivity index (χ0) is 12.7. The molecule has 1 aromatic carbocycles. The van der Waals surface area contributed by atoms with Crippen molar-refractivity contribution in [2.45, 2.75) is 59.3 Å². The summed E-state index contributed by atoms with van der Waals surface area (Å²) in [4.78, 5) is 11.5. The van der Waals surface area contributed by atoms with Crippen LogP contribution in [0.5, 0.6) is 0 Å². The molecule has 0 radical (unpaired) electrons. The van der Waals surface area contributed by atoms with Crippen LogP contribution in [0.15, 0.2) is 18.2 Å². The predicted octanol–water partition coefficient (Wildman–Crippen LogP) is 4.57. The Hall–Kier alpha value is -1.11. The van der Waals surface area contributed by atoms with Gasteiger partial charge in [-0.2, -0.15) is 0 Å². The van der Waals surface area contributed by atoms with Crippen LogP contribution in [0.25, 0.3) is 0 Å². The standard InChI is InChI=1S/C16H24O/c1-4-6-8-14-10-15(9-7-5-2)12-16(11-14)13(3)17/h10-12H,4-9H2,1-3H3. The van der Waals surface area contributed by atoms with Gasteiger partial charge < -0.3 is 0 Å². The molecule has 1 heteroatoms. The SMILES string of the molecule is CCCCc1cc(CCCC)cc(C(C)=O)c1. The molecule has 1 nitrogen and oxygen atoms in total. The van der Waals surface area contributed by atoms with E-state index in [4.69, 9.17) is 0 Å². The van der Waals surface area contributed by atoms with E-state index < -0.39 is 0 Å². The van der Waals surface area contributed by atoms with Gasteiger partial charge in [0.1, 0.15) is 0 Å². The van der Waals surface area contributed by atoms with Gasteiger partial charge in [0.2, 0.25) is 0 Å². The Kier molecular flexibility index (Phi) is 5.96. The topological polar surface area (TPSA) is 17.1 Å². The number of carbonyl (C=O) groups excluding carboxylic acids is 1. The molecule has 0 bridgehead atoms. The van der Waals surface area contributed by atoms with Gasteiger partial charge in [-0.1, -0.05) is 32.8 Å². The molecule has 17 heavy (non-hydrogen) atoms. The van der Waals surface area contributed by atoms with E-state index in [1.54, 1.807) is 6.92 Å². The molecular formula is C16H24O. The van der Waals surface area contributed by atoms with Crippen LogP contribution in [0.2, 0.25) is 0 Å². The third kappa shape index (κ3) is 4.72. The van der Waals surface area contributed by atoms with Crippen molar-refractivity contribution in [3.8, 4) is 0 Å². The van der Waals surface area contributed by atoms with Crippen molar-refractivity contribution in [2.24, 2.45) is 0 Å². The van der Waals surface area contributed by atoms with E-state index in [-0.39, 0.29) is 5.78 Å². The van der Waals surface area contributed by atoms with Gasteiger partial charge in [-0.15, -0.1) is 0 Å². The smallest absolute Gasteiger partial charge is 0.159 e. The molecule has 94 valence electrons. The molecular weight excluding hydrogens is 208 g/mol. The molecule has 0 aromatic heterocycles. The van der Waals surface area contributed by atoms with E-state index in [1.165, 1.54) is 36.8 Å². The first-order chi connectivity index (χ1) is 8.17. The van der Waals surface area contributed by atoms with Crippen molar-refractivity contribution < 1.29 is 4.79 Å². The Morgan fingerprint density at radius 2 is 1.41 bits per heavy atom. The highest BCUT2D eigenvalue weighted by Gasteiger charge is 2.04. The molecule has 0 aliphatic rings. The minimum Gasteiger partial charge on any atom is -0.295 e. The highest BCUT2D eigenvalue weighted by molar-refractivity contribution is 5.94. The van der Waals surface area contributed by atoms with Crippen LogP contribution in [-0.2, 0) is 12.8 Å². The van der Waals surface area contributed by atoms with Gasteiger partial charge in [0, 0.05) is 5.56 Å². The lowest BCUT2D eigenvalue weighted by Gasteiger charge is -2.08. The zero-order valence-corrected chi connectivity index (χ0v) is 11.4. The summed E-state index contributed by atoms with van der Waals surface area (Å²) >= 11 is 0. The molecule has 0 heterocycles. The summed E-state index contributed by atoms with van der Waals surface area (Å²) in [5.41, 5.74) is 3.53. The second kappa shape index (κ2) is 7.26. The summed E-state index contributed by atoms with van der Waals surface area (Å²) < 4.78 is 0. The Bertz CT molecular complexity index is 340. The lowest BCUT2D eigenvalue weighted by molar-refractivity contribution is 0.101. The van der Waals surface area contributed by atoms with Gasteiger partial charge in [0.15, 0.2) is 5.78 Å². The van der Waals surface area contributed by atoms with Crippen molar-refractivity contribution >= 4 is 5.78 Å². The number of ketones is 1. The van der Waals surface area contributed by atoms with Crippen LogP contribution >= 0.6 is 0 Å². The van der Waals surface area contributed by atoms with Crippen molar-refractivity contribution in [1.82, 2.24) is 0 Å². The lowest BCUT2D eigenvalue weighted by atomic mass is 9.97. The first-order valence-electron chi connectivity index (χ1n) is 6.81. The number of carbonyl (C=O) groups is 1. The first kappa shape index (κ1) is 14.0. The third-order valence-electron chi connectivity index (χ3n) is 3.10. The number of hydrogen-bond donors (Lipinski definition) is 0. The summed E-state index contributed by atoms with van der Waals surface area (Å²) in [6.07, 6.45) is 7.00. The van der Waals surface area contributed by atoms with Crippen molar-refractivity contribution in [3.63, 3.8) is 0 Å². The van der Waals surface area contributed by atoms with Crippen LogP contribution in [0.3, 0.4) is 0 Å². The minimum absolute atomic E-state index is 0.182. The van der Waals surface area contributed by atoms with Gasteiger partial charge in [-0.3, -0.25) is 4.79 Å². The molecule has 0 N–H and O–H groups in total. The minimum atomic E-state index is 0.182. The van der Waals surface area contributed by atoms with Crippen LogP contribution in [-0.4, -0.2) is 5.78 Å². The van der Waals surface area contributed by atoms with Crippen LogP contribution in [0, 0.1) is 0 Å². The second-order valence-electron chi connectivity index (χ2n) is 4.80. The Morgan fingerprint density at radius 3 is 1.76 bits per heavy atom. The maximum Gasteiger partial charge on any atom is 0.159 e. The summed E-state index contributed by atoms with van der Waals surface area (Å²) in [6.45, 7) is 6.06. The first-order valence-corrected chi connectivity index (χ1v) is 6.81. The second-order valence-corrected chi connectivity index (χ2v) is 4.80. The maximum atomic E-state index is 11.5. The van der Waals surface area contributed by atoms with Crippen molar-refractivity contribution in [1.29, 1.82) is 0 Å². The molecule has 0 amide bonds. The van der Waals surface area contributed by atoms with E-state index in [2.05, 4.69) is 32.0 Å². The number of rotatable bonds is 7. The monoisotopic (exact) mass is 232 g/mol. The van der Waals surface area contributed by atoms with Gasteiger partial charge >= 0.3 is 0 Å². The number of hydrogen-bond acceptors (Lipinski definition) is 1. The molecule has 1 rings (SSSR count). The largest absolute Gasteiger partial charge is 0.295 e. The Balaban J connectivity index is 2.88. The summed E-state index contributed by atoms with van der Waals surface area (Å²) in [5.74, 6) is 0.182. The van der Waals surface area contributed by atoms with Crippen LogP contribution in [0.4, 0.5) is 0 Å². The summed E-state index contributed by atoms with van der Waals surface area (Å²) in [6, 6.07) is 6.40. The Labute approximate surface area is 105 Å². The number of unbranched alkanes of at least 4 members (excludes halogenated alkanes) is 2. The lowest BCUT2D eigenvalue weighted by Crippen LogP contribution is -1.98. The normalized spacial score (nSPS) is 10.5. The van der Waals surface area contributed by atoms with Crippen LogP contribution < -0.4 is 0 Å². The highest BCUT2D eigenvalue weighted by Crippen LogP contribution is 2.15. The quantitative estimate of drug-likeness (QED) is 0.629. The molecule has 0 atom stereocenters. The van der Waals surface area contributed by atoms with Crippen molar-refractivity contribution in [3.05, 3.63) is 34.9 Å². The number of Topliss-reactive ketones (excluding diaryl/α,β-unsaturated/α-hetero) is 1.